The summed E-state index contributed by atoms with van der Waals surface area (Å²) in [5, 5.41) is 5.78. The molecule has 1 aromatic carbocycles. The molecule has 3 amide bonds. The van der Waals surface area contributed by atoms with E-state index in [0.29, 0.717) is 29.8 Å². The second kappa shape index (κ2) is 7.25. The van der Waals surface area contributed by atoms with E-state index in [1.807, 2.05) is 20.8 Å². The molecule has 136 valence electrons. The largest absolute Gasteiger partial charge is 0.347 e. The maximum atomic E-state index is 12.5. The van der Waals surface area contributed by atoms with Crippen LogP contribution in [0.1, 0.15) is 56.5 Å². The molecule has 0 bridgehead atoms. The lowest BCUT2D eigenvalue weighted by Crippen LogP contribution is -2.43. The van der Waals surface area contributed by atoms with Gasteiger partial charge in [-0.25, -0.2) is 0 Å². The molecule has 1 fully saturated rings. The molecule has 1 heterocycles. The van der Waals surface area contributed by atoms with Gasteiger partial charge in [-0.15, -0.1) is 0 Å². The molecule has 6 nitrogen and oxygen atoms in total. The zero-order valence-electron chi connectivity index (χ0n) is 15.6. The topological polar surface area (TPSA) is 78.5 Å². The SMILES string of the molecule is Cc1c(NC(=O)[C@H](C)N2CCCC2=O)cccc1C(=O)NC(C)(C)C. The summed E-state index contributed by atoms with van der Waals surface area (Å²) in [5.74, 6) is -0.409. The Morgan fingerprint density at radius 1 is 1.24 bits per heavy atom. The summed E-state index contributed by atoms with van der Waals surface area (Å²) in [7, 11) is 0. The Bertz CT molecular complexity index is 692. The van der Waals surface area contributed by atoms with E-state index >= 15 is 0 Å². The quantitative estimate of drug-likeness (QED) is 0.880. The second-order valence-corrected chi connectivity index (χ2v) is 7.54. The van der Waals surface area contributed by atoms with Gasteiger partial charge in [-0.3, -0.25) is 14.4 Å². The maximum absolute atomic E-state index is 12.5. The molecule has 0 aliphatic carbocycles. The lowest BCUT2D eigenvalue weighted by molar-refractivity contribution is -0.134. The number of benzene rings is 1. The Kier molecular flexibility index (Phi) is 5.50. The van der Waals surface area contributed by atoms with Gasteiger partial charge < -0.3 is 15.5 Å². The van der Waals surface area contributed by atoms with Gasteiger partial charge in [0.15, 0.2) is 0 Å². The van der Waals surface area contributed by atoms with E-state index < -0.39 is 6.04 Å². The fourth-order valence-electron chi connectivity index (χ4n) is 2.88. The normalized spacial score (nSPS) is 15.9. The first kappa shape index (κ1) is 19.0. The van der Waals surface area contributed by atoms with E-state index in [4.69, 9.17) is 0 Å². The van der Waals surface area contributed by atoms with Crippen molar-refractivity contribution in [3.8, 4) is 0 Å². The first-order valence-electron chi connectivity index (χ1n) is 8.62. The fourth-order valence-corrected chi connectivity index (χ4v) is 2.88. The van der Waals surface area contributed by atoms with Crippen molar-refractivity contribution in [1.29, 1.82) is 0 Å². The number of likely N-dealkylation sites (tertiary alicyclic amines) is 1. The summed E-state index contributed by atoms with van der Waals surface area (Å²) < 4.78 is 0. The molecular weight excluding hydrogens is 318 g/mol. The van der Waals surface area contributed by atoms with Crippen LogP contribution in [-0.4, -0.2) is 40.7 Å². The molecule has 0 unspecified atom stereocenters. The van der Waals surface area contributed by atoms with Crippen molar-refractivity contribution in [2.75, 3.05) is 11.9 Å². The summed E-state index contributed by atoms with van der Waals surface area (Å²) in [6, 6.07) is 4.71. The number of carbonyl (C=O) groups excluding carboxylic acids is 3. The van der Waals surface area contributed by atoms with Crippen LogP contribution >= 0.6 is 0 Å². The molecule has 2 rings (SSSR count). The minimum Gasteiger partial charge on any atom is -0.347 e. The molecule has 2 N–H and O–H groups in total. The van der Waals surface area contributed by atoms with E-state index in [1.165, 1.54) is 0 Å². The number of hydrogen-bond acceptors (Lipinski definition) is 3. The van der Waals surface area contributed by atoms with E-state index in [-0.39, 0.29) is 23.3 Å². The van der Waals surface area contributed by atoms with Crippen LogP contribution in [0.3, 0.4) is 0 Å². The van der Waals surface area contributed by atoms with Crippen LogP contribution in [0.5, 0.6) is 0 Å². The van der Waals surface area contributed by atoms with Gasteiger partial charge in [0.2, 0.25) is 11.8 Å². The van der Waals surface area contributed by atoms with Crippen LogP contribution in [0, 0.1) is 6.92 Å². The Hall–Kier alpha value is -2.37. The van der Waals surface area contributed by atoms with Crippen molar-refractivity contribution in [2.45, 2.75) is 59.0 Å². The molecule has 25 heavy (non-hydrogen) atoms. The number of nitrogens with one attached hydrogen (secondary N) is 2. The Balaban J connectivity index is 2.15. The highest BCUT2D eigenvalue weighted by Crippen LogP contribution is 2.21. The number of amides is 3. The van der Waals surface area contributed by atoms with E-state index in [9.17, 15) is 14.4 Å². The predicted octanol–water partition coefficient (Wildman–Crippen LogP) is 2.47. The third kappa shape index (κ3) is 4.59. The molecule has 1 aliphatic heterocycles. The summed E-state index contributed by atoms with van der Waals surface area (Å²) in [6.45, 7) is 9.89. The summed E-state index contributed by atoms with van der Waals surface area (Å²) in [5.41, 5.74) is 1.48. The number of anilines is 1. The van der Waals surface area contributed by atoms with Crippen molar-refractivity contribution in [3.05, 3.63) is 29.3 Å². The first-order chi connectivity index (χ1) is 11.6. The monoisotopic (exact) mass is 345 g/mol. The van der Waals surface area contributed by atoms with E-state index in [2.05, 4.69) is 10.6 Å². The average molecular weight is 345 g/mol. The van der Waals surface area contributed by atoms with Gasteiger partial charge in [-0.05, 0) is 58.7 Å². The maximum Gasteiger partial charge on any atom is 0.252 e. The molecule has 1 atom stereocenters. The van der Waals surface area contributed by atoms with Crippen LogP contribution in [0.4, 0.5) is 5.69 Å². The van der Waals surface area contributed by atoms with Crippen molar-refractivity contribution in [1.82, 2.24) is 10.2 Å². The van der Waals surface area contributed by atoms with Crippen LogP contribution < -0.4 is 10.6 Å². The Morgan fingerprint density at radius 2 is 1.92 bits per heavy atom. The third-order valence-corrected chi connectivity index (χ3v) is 4.28. The van der Waals surface area contributed by atoms with Crippen molar-refractivity contribution in [2.24, 2.45) is 0 Å². The van der Waals surface area contributed by atoms with Gasteiger partial charge in [0.25, 0.3) is 5.91 Å². The highest BCUT2D eigenvalue weighted by molar-refractivity contribution is 6.01. The smallest absolute Gasteiger partial charge is 0.252 e. The molecule has 0 spiro atoms. The van der Waals surface area contributed by atoms with Gasteiger partial charge in [0, 0.05) is 29.8 Å². The van der Waals surface area contributed by atoms with E-state index in [1.54, 1.807) is 36.9 Å². The number of hydrogen-bond donors (Lipinski definition) is 2. The summed E-state index contributed by atoms with van der Waals surface area (Å²) >= 11 is 0. The Labute approximate surface area is 149 Å². The molecule has 1 aliphatic rings. The molecule has 0 aromatic heterocycles. The van der Waals surface area contributed by atoms with Crippen molar-refractivity contribution in [3.63, 3.8) is 0 Å². The van der Waals surface area contributed by atoms with Gasteiger partial charge in [0.05, 0.1) is 0 Å². The van der Waals surface area contributed by atoms with Crippen LogP contribution in [0.25, 0.3) is 0 Å². The van der Waals surface area contributed by atoms with Crippen LogP contribution in [0.15, 0.2) is 18.2 Å². The molecule has 1 aromatic rings. The van der Waals surface area contributed by atoms with Crippen molar-refractivity contribution >= 4 is 23.4 Å². The summed E-state index contributed by atoms with van der Waals surface area (Å²) in [4.78, 5) is 38.3. The number of nitrogens with zero attached hydrogens (tertiary/aromatic N) is 1. The van der Waals surface area contributed by atoms with Crippen molar-refractivity contribution < 1.29 is 14.4 Å². The highest BCUT2D eigenvalue weighted by atomic mass is 16.2. The molecule has 6 heteroatoms. The zero-order valence-corrected chi connectivity index (χ0v) is 15.6. The standard InChI is InChI=1S/C19H27N3O3/c1-12-14(18(25)21-19(3,4)5)8-6-9-15(12)20-17(24)13(2)22-11-7-10-16(22)23/h6,8-9,13H,7,10-11H2,1-5H3,(H,20,24)(H,21,25)/t13-/m0/s1. The molecule has 0 saturated carbocycles. The lowest BCUT2D eigenvalue weighted by atomic mass is 10.0. The molecule has 0 radical (unpaired) electrons. The van der Waals surface area contributed by atoms with Gasteiger partial charge in [-0.1, -0.05) is 6.07 Å². The first-order valence-corrected chi connectivity index (χ1v) is 8.62. The third-order valence-electron chi connectivity index (χ3n) is 4.28. The second-order valence-electron chi connectivity index (χ2n) is 7.54. The lowest BCUT2D eigenvalue weighted by Gasteiger charge is -2.24. The molecule has 1 saturated heterocycles. The minimum atomic E-state index is -0.526. The predicted molar refractivity (Wildman–Crippen MR) is 97.4 cm³/mol. The van der Waals surface area contributed by atoms with Gasteiger partial charge >= 0.3 is 0 Å². The molecular formula is C19H27N3O3. The van der Waals surface area contributed by atoms with Crippen LogP contribution in [-0.2, 0) is 9.59 Å². The van der Waals surface area contributed by atoms with Crippen LogP contribution in [0.2, 0.25) is 0 Å². The van der Waals surface area contributed by atoms with Gasteiger partial charge in [-0.2, -0.15) is 0 Å². The minimum absolute atomic E-state index is 0.0117. The number of rotatable bonds is 4. The highest BCUT2D eigenvalue weighted by Gasteiger charge is 2.29. The van der Waals surface area contributed by atoms with Gasteiger partial charge in [0.1, 0.15) is 6.04 Å². The number of carbonyl (C=O) groups is 3. The average Bonchev–Trinajstić information content (AvgIpc) is 2.92. The fraction of sp³-hybridized carbons (Fsp3) is 0.526. The zero-order chi connectivity index (χ0) is 18.8. The Morgan fingerprint density at radius 3 is 2.48 bits per heavy atom. The summed E-state index contributed by atoms with van der Waals surface area (Å²) in [6.07, 6.45) is 1.29. The van der Waals surface area contributed by atoms with E-state index in [0.717, 1.165) is 6.42 Å².